The molecule has 1 aromatic heterocycles. The van der Waals surface area contributed by atoms with Gasteiger partial charge in [0.1, 0.15) is 11.6 Å². The van der Waals surface area contributed by atoms with Gasteiger partial charge in [0.25, 0.3) is 0 Å². The zero-order chi connectivity index (χ0) is 15.4. The minimum absolute atomic E-state index is 0.339. The Kier molecular flexibility index (Phi) is 5.20. The van der Waals surface area contributed by atoms with Gasteiger partial charge in [-0.1, -0.05) is 24.6 Å². The Bertz CT molecular complexity index is 615. The van der Waals surface area contributed by atoms with Gasteiger partial charge in [0.2, 0.25) is 0 Å². The Morgan fingerprint density at radius 1 is 1.48 bits per heavy atom. The van der Waals surface area contributed by atoms with Crippen molar-refractivity contribution in [3.8, 4) is 5.75 Å². The molecule has 0 aliphatic rings. The Labute approximate surface area is 128 Å². The van der Waals surface area contributed by atoms with E-state index in [1.165, 1.54) is 13.2 Å². The molecule has 0 aliphatic carbocycles. The van der Waals surface area contributed by atoms with Crippen molar-refractivity contribution in [2.75, 3.05) is 14.2 Å². The number of halogens is 2. The lowest BCUT2D eigenvalue weighted by atomic mass is 10.0. The minimum Gasteiger partial charge on any atom is -0.497 e. The van der Waals surface area contributed by atoms with Crippen molar-refractivity contribution >= 4 is 11.6 Å². The van der Waals surface area contributed by atoms with E-state index in [0.717, 1.165) is 18.7 Å². The first kappa shape index (κ1) is 15.8. The van der Waals surface area contributed by atoms with Gasteiger partial charge in [-0.15, -0.1) is 0 Å². The molecule has 0 aliphatic heterocycles. The first-order valence-electron chi connectivity index (χ1n) is 6.84. The first-order chi connectivity index (χ1) is 10.1. The van der Waals surface area contributed by atoms with Crippen LogP contribution < -0.4 is 10.1 Å². The van der Waals surface area contributed by atoms with Crippen molar-refractivity contribution in [1.29, 1.82) is 0 Å². The van der Waals surface area contributed by atoms with E-state index >= 15 is 0 Å². The van der Waals surface area contributed by atoms with Crippen LogP contribution in [-0.2, 0) is 6.54 Å². The number of aryl methyl sites for hydroxylation is 1. The highest BCUT2D eigenvalue weighted by atomic mass is 35.5. The maximum absolute atomic E-state index is 14.3. The molecule has 0 spiro atoms. The Morgan fingerprint density at radius 3 is 2.81 bits per heavy atom. The number of nitrogens with zero attached hydrogens (tertiary/aromatic N) is 2. The highest BCUT2D eigenvalue weighted by molar-refractivity contribution is 6.31. The maximum atomic E-state index is 14.3. The summed E-state index contributed by atoms with van der Waals surface area (Å²) in [6.07, 6.45) is 2.52. The molecular formula is C15H19ClFN3O. The monoisotopic (exact) mass is 311 g/mol. The molecule has 2 aromatic rings. The van der Waals surface area contributed by atoms with Crippen LogP contribution in [-0.4, -0.2) is 23.9 Å². The topological polar surface area (TPSA) is 39.1 Å². The van der Waals surface area contributed by atoms with Crippen LogP contribution in [0.4, 0.5) is 4.39 Å². The quantitative estimate of drug-likeness (QED) is 0.888. The van der Waals surface area contributed by atoms with Crippen LogP contribution in [0.3, 0.4) is 0 Å². The van der Waals surface area contributed by atoms with E-state index in [1.807, 2.05) is 4.68 Å². The van der Waals surface area contributed by atoms with Gasteiger partial charge in [-0.3, -0.25) is 4.68 Å². The van der Waals surface area contributed by atoms with Crippen molar-refractivity contribution in [3.63, 3.8) is 0 Å². The molecule has 4 nitrogen and oxygen atoms in total. The van der Waals surface area contributed by atoms with Gasteiger partial charge in [-0.2, -0.15) is 5.10 Å². The molecule has 1 atom stereocenters. The van der Waals surface area contributed by atoms with Crippen molar-refractivity contribution < 1.29 is 9.13 Å². The lowest BCUT2D eigenvalue weighted by molar-refractivity contribution is 0.409. The van der Waals surface area contributed by atoms with Gasteiger partial charge in [0.05, 0.1) is 30.1 Å². The van der Waals surface area contributed by atoms with Crippen LogP contribution in [0.25, 0.3) is 0 Å². The summed E-state index contributed by atoms with van der Waals surface area (Å²) in [5.41, 5.74) is 1.28. The van der Waals surface area contributed by atoms with Gasteiger partial charge >= 0.3 is 0 Å². The molecule has 1 heterocycles. The third kappa shape index (κ3) is 3.19. The molecule has 0 saturated carbocycles. The van der Waals surface area contributed by atoms with E-state index in [9.17, 15) is 4.39 Å². The Morgan fingerprint density at radius 2 is 2.24 bits per heavy atom. The fourth-order valence-electron chi connectivity index (χ4n) is 2.36. The summed E-state index contributed by atoms with van der Waals surface area (Å²) in [5.74, 6) is 0.147. The fraction of sp³-hybridized carbons (Fsp3) is 0.400. The van der Waals surface area contributed by atoms with Crippen molar-refractivity contribution in [2.24, 2.45) is 0 Å². The van der Waals surface area contributed by atoms with Crippen molar-refractivity contribution in [2.45, 2.75) is 25.9 Å². The van der Waals surface area contributed by atoms with Gasteiger partial charge in [0.15, 0.2) is 0 Å². The summed E-state index contributed by atoms with van der Waals surface area (Å²) in [7, 11) is 3.28. The number of rotatable bonds is 6. The predicted octanol–water partition coefficient (Wildman–Crippen LogP) is 3.40. The molecular weight excluding hydrogens is 293 g/mol. The molecule has 0 radical (unpaired) electrons. The fourth-order valence-corrected chi connectivity index (χ4v) is 2.61. The Hall–Kier alpha value is -1.59. The number of nitrogens with one attached hydrogen (secondary N) is 1. The third-order valence-corrected chi connectivity index (χ3v) is 3.64. The first-order valence-corrected chi connectivity index (χ1v) is 7.22. The standard InChI is InChI=1S/C15H19ClFN3O/c1-4-7-20-15(12(16)9-19-20)14(18-2)11-6-5-10(21-3)8-13(11)17/h5-6,8-9,14,18H,4,7H2,1-3H3. The summed E-state index contributed by atoms with van der Waals surface area (Å²) >= 11 is 6.24. The van der Waals surface area contributed by atoms with Gasteiger partial charge in [-0.05, 0) is 19.5 Å². The molecule has 0 saturated heterocycles. The average Bonchev–Trinajstić information content (AvgIpc) is 2.83. The molecule has 6 heteroatoms. The molecule has 0 fully saturated rings. The van der Waals surface area contributed by atoms with Crippen LogP contribution in [0.15, 0.2) is 24.4 Å². The molecule has 1 aromatic carbocycles. The number of hydrogen-bond acceptors (Lipinski definition) is 3. The molecule has 0 amide bonds. The highest BCUT2D eigenvalue weighted by Crippen LogP contribution is 2.31. The second kappa shape index (κ2) is 6.91. The second-order valence-electron chi connectivity index (χ2n) is 4.71. The number of methoxy groups -OCH3 is 1. The van der Waals surface area contributed by atoms with Gasteiger partial charge in [-0.25, -0.2) is 4.39 Å². The molecule has 1 N–H and O–H groups in total. The van der Waals surface area contributed by atoms with E-state index in [4.69, 9.17) is 16.3 Å². The summed E-state index contributed by atoms with van der Waals surface area (Å²) in [4.78, 5) is 0. The van der Waals surface area contributed by atoms with E-state index in [1.54, 1.807) is 25.4 Å². The lowest BCUT2D eigenvalue weighted by Gasteiger charge is -2.20. The van der Waals surface area contributed by atoms with Crippen molar-refractivity contribution in [3.05, 3.63) is 46.5 Å². The number of benzene rings is 1. The second-order valence-corrected chi connectivity index (χ2v) is 5.12. The minimum atomic E-state index is -0.363. The van der Waals surface area contributed by atoms with Crippen LogP contribution in [0.2, 0.25) is 5.02 Å². The summed E-state index contributed by atoms with van der Waals surface area (Å²) in [5, 5.41) is 7.90. The lowest BCUT2D eigenvalue weighted by Crippen LogP contribution is -2.23. The average molecular weight is 312 g/mol. The number of ether oxygens (including phenoxy) is 1. The van der Waals surface area contributed by atoms with Crippen molar-refractivity contribution in [1.82, 2.24) is 15.1 Å². The van der Waals surface area contributed by atoms with E-state index in [-0.39, 0.29) is 11.9 Å². The molecule has 0 bridgehead atoms. The summed E-state index contributed by atoms with van der Waals surface area (Å²) in [6, 6.07) is 4.44. The van der Waals surface area contributed by atoms with Crippen LogP contribution in [0.5, 0.6) is 5.75 Å². The zero-order valence-electron chi connectivity index (χ0n) is 12.4. The maximum Gasteiger partial charge on any atom is 0.132 e. The SMILES string of the molecule is CCCn1ncc(Cl)c1C(NC)c1ccc(OC)cc1F. The molecule has 21 heavy (non-hydrogen) atoms. The predicted molar refractivity (Wildman–Crippen MR) is 81.4 cm³/mol. The molecule has 1 unspecified atom stereocenters. The van der Waals surface area contributed by atoms with E-state index in [2.05, 4.69) is 17.3 Å². The summed E-state index contributed by atoms with van der Waals surface area (Å²) in [6.45, 7) is 2.79. The van der Waals surface area contributed by atoms with Crippen LogP contribution in [0, 0.1) is 5.82 Å². The van der Waals surface area contributed by atoms with E-state index in [0.29, 0.717) is 16.3 Å². The van der Waals surface area contributed by atoms with Gasteiger partial charge in [0, 0.05) is 18.2 Å². The molecule has 114 valence electrons. The highest BCUT2D eigenvalue weighted by Gasteiger charge is 2.23. The number of aromatic nitrogens is 2. The van der Waals surface area contributed by atoms with E-state index < -0.39 is 0 Å². The third-order valence-electron chi connectivity index (χ3n) is 3.35. The molecule has 2 rings (SSSR count). The Balaban J connectivity index is 2.47. The normalized spacial score (nSPS) is 12.4. The summed E-state index contributed by atoms with van der Waals surface area (Å²) < 4.78 is 21.2. The van der Waals surface area contributed by atoms with Crippen LogP contribution in [0.1, 0.15) is 30.6 Å². The van der Waals surface area contributed by atoms with Gasteiger partial charge < -0.3 is 10.1 Å². The smallest absolute Gasteiger partial charge is 0.132 e. The van der Waals surface area contributed by atoms with Crippen LogP contribution >= 0.6 is 11.6 Å². The largest absolute Gasteiger partial charge is 0.497 e. The zero-order valence-corrected chi connectivity index (χ0v) is 13.1. The number of hydrogen-bond donors (Lipinski definition) is 1.